The van der Waals surface area contributed by atoms with Crippen LogP contribution in [0.5, 0.6) is 5.75 Å². The fraction of sp³-hybridized carbons (Fsp3) is 0.533. The molecule has 0 unspecified atom stereocenters. The first-order chi connectivity index (χ1) is 19.4. The number of pyridine rings is 1. The third-order valence-corrected chi connectivity index (χ3v) is 8.45. The van der Waals surface area contributed by atoms with Crippen molar-refractivity contribution in [1.29, 1.82) is 0 Å². The normalized spacial score (nSPS) is 22.5. The first-order valence-electron chi connectivity index (χ1n) is 14.3. The number of fused-ring (bicyclic) bond motifs is 2. The molecule has 2 bridgehead atoms. The van der Waals surface area contributed by atoms with Gasteiger partial charge in [-0.2, -0.15) is 0 Å². The molecule has 3 aliphatic rings. The summed E-state index contributed by atoms with van der Waals surface area (Å²) in [5, 5.41) is 6.34. The summed E-state index contributed by atoms with van der Waals surface area (Å²) in [6.07, 6.45) is 6.59. The number of hydrogen-bond acceptors (Lipinski definition) is 7. The number of amides is 3. The lowest BCUT2D eigenvalue weighted by molar-refractivity contribution is 0.0858. The quantitative estimate of drug-likeness (QED) is 0.542. The third-order valence-electron chi connectivity index (χ3n) is 8.45. The Kier molecular flexibility index (Phi) is 8.42. The van der Waals surface area contributed by atoms with Crippen molar-refractivity contribution >= 4 is 23.7 Å². The van der Waals surface area contributed by atoms with Crippen LogP contribution < -0.4 is 20.3 Å². The molecule has 10 heteroatoms. The molecule has 1 aromatic carbocycles. The molecule has 2 N–H and O–H groups in total. The summed E-state index contributed by atoms with van der Waals surface area (Å²) in [7, 11) is 1.61. The molecule has 0 saturated carbocycles. The molecule has 40 heavy (non-hydrogen) atoms. The standard InChI is InChI=1S/C30H39N5O5/c1-4-40-30(38)34-14-12-21(13-15-34)32-28(36)20-8-11-27(31-18-20)35-23-9-10-24(35)17-22(16-23)33-29(37)25-6-5-7-26(39-3)19(25)2/h5-8,11,18,21-24H,4,9-10,12-17H2,1-3H3,(H,32,36)(H,33,37)/t22-,23+,24-. The Morgan fingerprint density at radius 1 is 0.950 bits per heavy atom. The Hall–Kier alpha value is -3.82. The van der Waals surface area contributed by atoms with Gasteiger partial charge in [0.25, 0.3) is 11.8 Å². The highest BCUT2D eigenvalue weighted by Crippen LogP contribution is 2.38. The summed E-state index contributed by atoms with van der Waals surface area (Å²) in [5.74, 6) is 1.38. The number of piperidine rings is 2. The van der Waals surface area contributed by atoms with Crippen LogP contribution >= 0.6 is 0 Å². The van der Waals surface area contributed by atoms with Crippen molar-refractivity contribution in [2.75, 3.05) is 31.7 Å². The van der Waals surface area contributed by atoms with Crippen molar-refractivity contribution < 1.29 is 23.9 Å². The number of nitrogens with one attached hydrogen (secondary N) is 2. The number of anilines is 1. The first kappa shape index (κ1) is 27.7. The number of methoxy groups -OCH3 is 1. The predicted molar refractivity (Wildman–Crippen MR) is 151 cm³/mol. The van der Waals surface area contributed by atoms with E-state index in [1.807, 2.05) is 37.3 Å². The molecule has 10 nitrogen and oxygen atoms in total. The molecule has 3 amide bonds. The number of carbonyl (C=O) groups excluding carboxylic acids is 3. The van der Waals surface area contributed by atoms with Crippen LogP contribution in [0.4, 0.5) is 10.6 Å². The largest absolute Gasteiger partial charge is 0.496 e. The van der Waals surface area contributed by atoms with Crippen molar-refractivity contribution in [2.24, 2.45) is 0 Å². The topological polar surface area (TPSA) is 113 Å². The average Bonchev–Trinajstić information content (AvgIpc) is 3.23. The number of aromatic nitrogens is 1. The van der Waals surface area contributed by atoms with E-state index in [1.165, 1.54) is 0 Å². The molecular weight excluding hydrogens is 510 g/mol. The van der Waals surface area contributed by atoms with E-state index in [4.69, 9.17) is 9.47 Å². The highest BCUT2D eigenvalue weighted by atomic mass is 16.6. The molecule has 0 radical (unpaired) electrons. The average molecular weight is 550 g/mol. The number of likely N-dealkylation sites (tertiary alicyclic amines) is 1. The molecule has 0 aliphatic carbocycles. The van der Waals surface area contributed by atoms with Gasteiger partial charge in [-0.05, 0) is 76.6 Å². The van der Waals surface area contributed by atoms with Gasteiger partial charge in [0.2, 0.25) is 0 Å². The maximum Gasteiger partial charge on any atom is 0.409 e. The van der Waals surface area contributed by atoms with Crippen molar-refractivity contribution in [2.45, 2.75) is 76.5 Å². The minimum absolute atomic E-state index is 0.0173. The van der Waals surface area contributed by atoms with Crippen LogP contribution in [0, 0.1) is 6.92 Å². The molecule has 3 atom stereocenters. The second kappa shape index (κ2) is 12.1. The Labute approximate surface area is 235 Å². The Balaban J connectivity index is 1.15. The van der Waals surface area contributed by atoms with E-state index in [2.05, 4.69) is 20.5 Å². The summed E-state index contributed by atoms with van der Waals surface area (Å²) in [5.41, 5.74) is 2.02. The van der Waals surface area contributed by atoms with E-state index in [0.717, 1.165) is 37.1 Å². The summed E-state index contributed by atoms with van der Waals surface area (Å²) in [6.45, 7) is 5.20. The van der Waals surface area contributed by atoms with Crippen molar-refractivity contribution in [3.05, 3.63) is 53.2 Å². The summed E-state index contributed by atoms with van der Waals surface area (Å²) in [4.78, 5) is 46.5. The lowest BCUT2D eigenvalue weighted by atomic mass is 9.96. The van der Waals surface area contributed by atoms with Gasteiger partial charge in [-0.1, -0.05) is 6.07 Å². The van der Waals surface area contributed by atoms with Gasteiger partial charge in [-0.3, -0.25) is 9.59 Å². The molecule has 3 fully saturated rings. The van der Waals surface area contributed by atoms with Crippen LogP contribution in [0.25, 0.3) is 0 Å². The molecule has 3 aliphatic heterocycles. The number of ether oxygens (including phenoxy) is 2. The second-order valence-electron chi connectivity index (χ2n) is 10.9. The van der Waals surface area contributed by atoms with Crippen molar-refractivity contribution in [3.63, 3.8) is 0 Å². The highest BCUT2D eigenvalue weighted by molar-refractivity contribution is 5.96. The van der Waals surface area contributed by atoms with E-state index >= 15 is 0 Å². The molecule has 5 rings (SSSR count). The minimum atomic E-state index is -0.292. The number of carbonyl (C=O) groups is 3. The van der Waals surface area contributed by atoms with Crippen LogP contribution in [0.15, 0.2) is 36.5 Å². The maximum atomic E-state index is 13.1. The maximum absolute atomic E-state index is 13.1. The number of rotatable bonds is 7. The lowest BCUT2D eigenvalue weighted by Crippen LogP contribution is -2.51. The van der Waals surface area contributed by atoms with E-state index in [1.54, 1.807) is 25.1 Å². The van der Waals surface area contributed by atoms with E-state index in [-0.39, 0.29) is 30.0 Å². The van der Waals surface area contributed by atoms with E-state index < -0.39 is 0 Å². The summed E-state index contributed by atoms with van der Waals surface area (Å²) in [6, 6.07) is 10.0. The molecule has 214 valence electrons. The smallest absolute Gasteiger partial charge is 0.409 e. The fourth-order valence-corrected chi connectivity index (χ4v) is 6.38. The zero-order chi connectivity index (χ0) is 28.2. The number of benzene rings is 1. The highest BCUT2D eigenvalue weighted by Gasteiger charge is 2.42. The second-order valence-corrected chi connectivity index (χ2v) is 10.9. The van der Waals surface area contributed by atoms with Crippen LogP contribution in [0.2, 0.25) is 0 Å². The minimum Gasteiger partial charge on any atom is -0.496 e. The Morgan fingerprint density at radius 2 is 1.65 bits per heavy atom. The van der Waals surface area contributed by atoms with E-state index in [9.17, 15) is 14.4 Å². The molecular formula is C30H39N5O5. The monoisotopic (exact) mass is 549 g/mol. The third kappa shape index (κ3) is 5.85. The van der Waals surface area contributed by atoms with Gasteiger partial charge < -0.3 is 29.9 Å². The van der Waals surface area contributed by atoms with Gasteiger partial charge in [-0.25, -0.2) is 9.78 Å². The SMILES string of the molecule is CCOC(=O)N1CCC(NC(=O)c2ccc(N3[C@@H]4CC[C@H]3C[C@@H](NC(=O)c3cccc(OC)c3C)C4)nc2)CC1. The number of hydrogen-bond donors (Lipinski definition) is 2. The van der Waals surface area contributed by atoms with Gasteiger partial charge in [-0.15, -0.1) is 0 Å². The molecule has 2 aromatic rings. The zero-order valence-corrected chi connectivity index (χ0v) is 23.5. The van der Waals surface area contributed by atoms with Crippen LogP contribution in [0.1, 0.15) is 71.7 Å². The van der Waals surface area contributed by atoms with Crippen molar-refractivity contribution in [3.8, 4) is 5.75 Å². The Morgan fingerprint density at radius 3 is 2.27 bits per heavy atom. The Bertz CT molecular complexity index is 1210. The summed E-state index contributed by atoms with van der Waals surface area (Å²) < 4.78 is 10.4. The zero-order valence-electron chi connectivity index (χ0n) is 23.5. The first-order valence-corrected chi connectivity index (χ1v) is 14.3. The fourth-order valence-electron chi connectivity index (χ4n) is 6.38. The molecule has 1 aromatic heterocycles. The van der Waals surface area contributed by atoms with Gasteiger partial charge in [0.15, 0.2) is 0 Å². The van der Waals surface area contributed by atoms with Crippen LogP contribution in [-0.2, 0) is 4.74 Å². The predicted octanol–water partition coefficient (Wildman–Crippen LogP) is 3.68. The van der Waals surface area contributed by atoms with Gasteiger partial charge in [0.1, 0.15) is 11.6 Å². The van der Waals surface area contributed by atoms with Crippen LogP contribution in [-0.4, -0.2) is 78.8 Å². The summed E-state index contributed by atoms with van der Waals surface area (Å²) >= 11 is 0. The number of nitrogens with zero attached hydrogens (tertiary/aromatic N) is 3. The van der Waals surface area contributed by atoms with E-state index in [0.29, 0.717) is 61.5 Å². The van der Waals surface area contributed by atoms with Gasteiger partial charge in [0, 0.05) is 54.6 Å². The van der Waals surface area contributed by atoms with Crippen molar-refractivity contribution in [1.82, 2.24) is 20.5 Å². The van der Waals surface area contributed by atoms with Gasteiger partial charge in [0.05, 0.1) is 19.3 Å². The molecule has 0 spiro atoms. The molecule has 3 saturated heterocycles. The molecule has 4 heterocycles. The lowest BCUT2D eigenvalue weighted by Gasteiger charge is -2.40. The van der Waals surface area contributed by atoms with Gasteiger partial charge >= 0.3 is 6.09 Å². The van der Waals surface area contributed by atoms with Crippen LogP contribution in [0.3, 0.4) is 0 Å².